The maximum absolute atomic E-state index is 12.5. The number of hydrogen-bond donors (Lipinski definition) is 0. The molecule has 0 unspecified atom stereocenters. The van der Waals surface area contributed by atoms with Gasteiger partial charge in [0, 0.05) is 12.4 Å². The third kappa shape index (κ3) is 3.88. The SMILES string of the molecule is Cc1cccc(OCCN(C)C(=O)c2cc3ccccc3oc2=O)c1. The first kappa shape index (κ1) is 16.8. The summed E-state index contributed by atoms with van der Waals surface area (Å²) in [7, 11) is 1.64. The van der Waals surface area contributed by atoms with E-state index in [2.05, 4.69) is 0 Å². The molecule has 0 radical (unpaired) electrons. The molecule has 1 heterocycles. The molecular formula is C20H19NO4. The fourth-order valence-electron chi connectivity index (χ4n) is 2.52. The summed E-state index contributed by atoms with van der Waals surface area (Å²) in [6.45, 7) is 2.69. The van der Waals surface area contributed by atoms with Crippen LogP contribution < -0.4 is 10.4 Å². The van der Waals surface area contributed by atoms with E-state index in [0.717, 1.165) is 16.7 Å². The van der Waals surface area contributed by atoms with Crippen LogP contribution in [0.5, 0.6) is 5.75 Å². The first-order chi connectivity index (χ1) is 12.0. The molecule has 5 heteroatoms. The van der Waals surface area contributed by atoms with Gasteiger partial charge in [-0.25, -0.2) is 4.79 Å². The minimum absolute atomic E-state index is 0.0248. The minimum atomic E-state index is -0.629. The Morgan fingerprint density at radius 3 is 2.72 bits per heavy atom. The Balaban J connectivity index is 1.68. The number of carbonyl (C=O) groups is 1. The van der Waals surface area contributed by atoms with Crippen LogP contribution >= 0.6 is 0 Å². The lowest BCUT2D eigenvalue weighted by Gasteiger charge is -2.17. The van der Waals surface area contributed by atoms with E-state index >= 15 is 0 Å². The Hall–Kier alpha value is -3.08. The number of nitrogens with zero attached hydrogens (tertiary/aromatic N) is 1. The van der Waals surface area contributed by atoms with Crippen LogP contribution in [0, 0.1) is 6.92 Å². The van der Waals surface area contributed by atoms with E-state index in [1.165, 1.54) is 4.90 Å². The molecule has 0 aliphatic rings. The summed E-state index contributed by atoms with van der Waals surface area (Å²) >= 11 is 0. The van der Waals surface area contributed by atoms with Crippen molar-refractivity contribution in [2.75, 3.05) is 20.2 Å². The van der Waals surface area contributed by atoms with E-state index in [0.29, 0.717) is 18.7 Å². The van der Waals surface area contributed by atoms with Gasteiger partial charge in [0.15, 0.2) is 0 Å². The number of amides is 1. The third-order valence-electron chi connectivity index (χ3n) is 3.90. The van der Waals surface area contributed by atoms with E-state index in [1.54, 1.807) is 31.3 Å². The number of aryl methyl sites for hydroxylation is 1. The number of fused-ring (bicyclic) bond motifs is 1. The van der Waals surface area contributed by atoms with Crippen molar-refractivity contribution < 1.29 is 13.9 Å². The number of carbonyl (C=O) groups excluding carboxylic acids is 1. The Bertz CT molecular complexity index is 961. The lowest BCUT2D eigenvalue weighted by Crippen LogP contribution is -2.33. The lowest BCUT2D eigenvalue weighted by atomic mass is 10.1. The van der Waals surface area contributed by atoms with Crippen LogP contribution in [0.15, 0.2) is 63.8 Å². The summed E-state index contributed by atoms with van der Waals surface area (Å²) < 4.78 is 10.9. The Morgan fingerprint density at radius 1 is 1.12 bits per heavy atom. The van der Waals surface area contributed by atoms with Crippen LogP contribution in [-0.2, 0) is 0 Å². The van der Waals surface area contributed by atoms with Crippen LogP contribution in [-0.4, -0.2) is 31.0 Å². The molecule has 1 aromatic heterocycles. The molecule has 0 aliphatic heterocycles. The highest BCUT2D eigenvalue weighted by Gasteiger charge is 2.17. The van der Waals surface area contributed by atoms with Crippen LogP contribution in [0.4, 0.5) is 0 Å². The first-order valence-electron chi connectivity index (χ1n) is 8.02. The van der Waals surface area contributed by atoms with Crippen LogP contribution in [0.3, 0.4) is 0 Å². The fraction of sp³-hybridized carbons (Fsp3) is 0.200. The highest BCUT2D eigenvalue weighted by Crippen LogP contribution is 2.14. The summed E-state index contributed by atoms with van der Waals surface area (Å²) in [6, 6.07) is 16.4. The highest BCUT2D eigenvalue weighted by molar-refractivity contribution is 5.96. The summed E-state index contributed by atoms with van der Waals surface area (Å²) in [5.41, 5.74) is 0.970. The molecule has 0 spiro atoms. The molecular weight excluding hydrogens is 318 g/mol. The first-order valence-corrected chi connectivity index (χ1v) is 8.02. The molecule has 0 saturated heterocycles. The van der Waals surface area contributed by atoms with Crippen molar-refractivity contribution in [3.8, 4) is 5.75 Å². The molecule has 3 aromatic rings. The number of hydrogen-bond acceptors (Lipinski definition) is 4. The van der Waals surface area contributed by atoms with Crippen molar-refractivity contribution in [3.63, 3.8) is 0 Å². The fourth-order valence-corrected chi connectivity index (χ4v) is 2.52. The number of ether oxygens (including phenoxy) is 1. The highest BCUT2D eigenvalue weighted by atomic mass is 16.5. The zero-order valence-electron chi connectivity index (χ0n) is 14.2. The second kappa shape index (κ2) is 7.21. The van der Waals surface area contributed by atoms with Crippen molar-refractivity contribution in [1.29, 1.82) is 0 Å². The van der Waals surface area contributed by atoms with Crippen LogP contribution in [0.1, 0.15) is 15.9 Å². The van der Waals surface area contributed by atoms with Crippen molar-refractivity contribution in [2.45, 2.75) is 6.92 Å². The largest absolute Gasteiger partial charge is 0.492 e. The van der Waals surface area contributed by atoms with E-state index in [1.807, 2.05) is 37.3 Å². The van der Waals surface area contributed by atoms with E-state index in [4.69, 9.17) is 9.15 Å². The maximum atomic E-state index is 12.5. The van der Waals surface area contributed by atoms with Gasteiger partial charge in [0.1, 0.15) is 23.5 Å². The summed E-state index contributed by atoms with van der Waals surface area (Å²) in [5, 5.41) is 0.717. The second-order valence-corrected chi connectivity index (χ2v) is 5.88. The molecule has 0 aliphatic carbocycles. The van der Waals surface area contributed by atoms with Gasteiger partial charge in [-0.2, -0.15) is 0 Å². The molecule has 5 nitrogen and oxygen atoms in total. The molecule has 0 atom stereocenters. The van der Waals surface area contributed by atoms with Crippen molar-refractivity contribution in [3.05, 3.63) is 76.1 Å². The van der Waals surface area contributed by atoms with Crippen molar-refractivity contribution in [2.24, 2.45) is 0 Å². The third-order valence-corrected chi connectivity index (χ3v) is 3.90. The predicted molar refractivity (Wildman–Crippen MR) is 96.1 cm³/mol. The van der Waals surface area contributed by atoms with E-state index in [-0.39, 0.29) is 11.5 Å². The van der Waals surface area contributed by atoms with Crippen molar-refractivity contribution >= 4 is 16.9 Å². The molecule has 128 valence electrons. The van der Waals surface area contributed by atoms with E-state index in [9.17, 15) is 9.59 Å². The van der Waals surface area contributed by atoms with Gasteiger partial charge in [-0.1, -0.05) is 30.3 Å². The van der Waals surface area contributed by atoms with Crippen LogP contribution in [0.2, 0.25) is 0 Å². The molecule has 0 saturated carbocycles. The summed E-state index contributed by atoms with van der Waals surface area (Å²) in [5.74, 6) is 0.374. The van der Waals surface area contributed by atoms with Gasteiger partial charge in [-0.05, 0) is 36.8 Å². The maximum Gasteiger partial charge on any atom is 0.349 e. The normalized spacial score (nSPS) is 10.6. The molecule has 0 bridgehead atoms. The zero-order chi connectivity index (χ0) is 17.8. The summed E-state index contributed by atoms with van der Waals surface area (Å²) in [6.07, 6.45) is 0. The lowest BCUT2D eigenvalue weighted by molar-refractivity contribution is 0.0769. The number of rotatable bonds is 5. The smallest absolute Gasteiger partial charge is 0.349 e. The van der Waals surface area contributed by atoms with Crippen LogP contribution in [0.25, 0.3) is 11.0 Å². The second-order valence-electron chi connectivity index (χ2n) is 5.88. The van der Waals surface area contributed by atoms with Gasteiger partial charge < -0.3 is 14.1 Å². The van der Waals surface area contributed by atoms with Gasteiger partial charge in [0.2, 0.25) is 0 Å². The topological polar surface area (TPSA) is 59.8 Å². The Labute approximate surface area is 145 Å². The Kier molecular flexibility index (Phi) is 4.84. The molecule has 1 amide bonds. The summed E-state index contributed by atoms with van der Waals surface area (Å²) in [4.78, 5) is 26.0. The average Bonchev–Trinajstić information content (AvgIpc) is 2.60. The molecule has 2 aromatic carbocycles. The van der Waals surface area contributed by atoms with Gasteiger partial charge in [0.25, 0.3) is 5.91 Å². The number of para-hydroxylation sites is 1. The standard InChI is InChI=1S/C20H19NO4/c1-14-6-5-8-16(12-14)24-11-10-21(2)19(22)17-13-15-7-3-4-9-18(15)25-20(17)23/h3-9,12-13H,10-11H2,1-2H3. The molecule has 25 heavy (non-hydrogen) atoms. The Morgan fingerprint density at radius 2 is 1.92 bits per heavy atom. The number of benzene rings is 2. The predicted octanol–water partition coefficient (Wildman–Crippen LogP) is 3.25. The molecule has 0 N–H and O–H groups in total. The molecule has 0 fully saturated rings. The van der Waals surface area contributed by atoms with Gasteiger partial charge in [-0.15, -0.1) is 0 Å². The van der Waals surface area contributed by atoms with Gasteiger partial charge in [0.05, 0.1) is 6.54 Å². The van der Waals surface area contributed by atoms with Gasteiger partial charge >= 0.3 is 5.63 Å². The minimum Gasteiger partial charge on any atom is -0.492 e. The number of likely N-dealkylation sites (N-methyl/N-ethyl adjacent to an activating group) is 1. The zero-order valence-corrected chi connectivity index (χ0v) is 14.2. The van der Waals surface area contributed by atoms with Gasteiger partial charge in [-0.3, -0.25) is 4.79 Å². The monoisotopic (exact) mass is 337 g/mol. The van der Waals surface area contributed by atoms with E-state index < -0.39 is 5.63 Å². The average molecular weight is 337 g/mol. The molecule has 3 rings (SSSR count). The quantitative estimate of drug-likeness (QED) is 0.671. The van der Waals surface area contributed by atoms with Crippen molar-refractivity contribution in [1.82, 2.24) is 4.90 Å².